The Morgan fingerprint density at radius 2 is 1.00 bits per heavy atom. The van der Waals surface area contributed by atoms with E-state index in [1.807, 2.05) is 38.2 Å². The molecule has 2 N–H and O–H groups in total. The summed E-state index contributed by atoms with van der Waals surface area (Å²) in [6, 6.07) is 0. The summed E-state index contributed by atoms with van der Waals surface area (Å²) in [4.78, 5) is 25.5. The summed E-state index contributed by atoms with van der Waals surface area (Å²) in [5.74, 6) is 0.149. The Balaban J connectivity index is 0.00000249. The molecule has 2 aliphatic carbocycles. The molecule has 0 aliphatic heterocycles. The van der Waals surface area contributed by atoms with Gasteiger partial charge in [-0.15, -0.1) is 0 Å². The molecule has 0 heterocycles. The van der Waals surface area contributed by atoms with Crippen molar-refractivity contribution in [3.63, 3.8) is 0 Å². The van der Waals surface area contributed by atoms with Crippen LogP contribution in [0.5, 0.6) is 0 Å². The molecule has 0 bridgehead atoms. The molecule has 2 rings (SSSR count). The fourth-order valence-electron chi connectivity index (χ4n) is 3.44. The first-order valence-electron chi connectivity index (χ1n) is 10.8. The van der Waals surface area contributed by atoms with Gasteiger partial charge in [-0.25, -0.2) is 0 Å². The number of carbonyl (C=O) groups is 2. The Kier molecular flexibility index (Phi) is 10.1. The second kappa shape index (κ2) is 11.6. The number of ketones is 2. The summed E-state index contributed by atoms with van der Waals surface area (Å²) in [6.07, 6.45) is 11.4. The Morgan fingerprint density at radius 3 is 1.28 bits per heavy atom. The zero-order chi connectivity index (χ0) is 24.7. The predicted octanol–water partition coefficient (Wildman–Crippen LogP) is 4.82. The van der Waals surface area contributed by atoms with Gasteiger partial charge in [0.25, 0.3) is 0 Å². The van der Waals surface area contributed by atoms with E-state index in [1.54, 1.807) is 12.4 Å². The van der Waals surface area contributed by atoms with Gasteiger partial charge in [0.15, 0.2) is 11.6 Å². The summed E-state index contributed by atoms with van der Waals surface area (Å²) in [5.41, 5.74) is 4.82. The van der Waals surface area contributed by atoms with E-state index in [-0.39, 0.29) is 22.4 Å². The maximum absolute atomic E-state index is 12.7. The first-order valence-corrected chi connectivity index (χ1v) is 11.3. The van der Waals surface area contributed by atoms with Crippen molar-refractivity contribution in [2.75, 3.05) is 13.1 Å². The third-order valence-electron chi connectivity index (χ3n) is 5.07. The average molecular weight is 476 g/mol. The molecule has 0 atom stereocenters. The molecule has 6 heteroatoms. The summed E-state index contributed by atoms with van der Waals surface area (Å²) >= 11 is 1.06. The molecule has 0 aromatic rings. The molecule has 0 radical (unpaired) electrons. The van der Waals surface area contributed by atoms with Crippen molar-refractivity contribution < 1.29 is 30.6 Å². The fourth-order valence-corrected chi connectivity index (χ4v) is 3.44. The number of hydrogen-bond acceptors (Lipinski definition) is 5. The normalized spacial score (nSPS) is 19.5. The Labute approximate surface area is 202 Å². The van der Waals surface area contributed by atoms with E-state index in [4.69, 9.17) is 3.67 Å². The van der Waals surface area contributed by atoms with Crippen molar-refractivity contribution >= 4 is 11.6 Å². The Bertz CT molecular complexity index is 857. The summed E-state index contributed by atoms with van der Waals surface area (Å²) in [7, 11) is 0. The zero-order valence-electron chi connectivity index (χ0n) is 20.6. The van der Waals surface area contributed by atoms with E-state index < -0.39 is 0 Å². The predicted molar refractivity (Wildman–Crippen MR) is 125 cm³/mol. The Hall–Kier alpha value is -2.24. The van der Waals surface area contributed by atoms with Crippen molar-refractivity contribution in [3.05, 3.63) is 70.1 Å². The minimum absolute atomic E-state index is 0.0746. The van der Waals surface area contributed by atoms with Gasteiger partial charge in [0, 0.05) is 47.8 Å². The zero-order valence-corrected chi connectivity index (χ0v) is 21.9. The maximum atomic E-state index is 12.7. The quantitative estimate of drug-likeness (QED) is 0.441. The molecule has 173 valence electrons. The second-order valence-electron chi connectivity index (χ2n) is 10.2. The van der Waals surface area contributed by atoms with Gasteiger partial charge in [0.2, 0.25) is 0 Å². The van der Waals surface area contributed by atoms with Crippen LogP contribution in [0.15, 0.2) is 70.1 Å². The average Bonchev–Trinajstić information content (AvgIpc) is 2.68. The van der Waals surface area contributed by atoms with Crippen molar-refractivity contribution in [1.82, 2.24) is 10.6 Å². The number of carbonyl (C=O) groups excluding carboxylic acids is 2. The van der Waals surface area contributed by atoms with Crippen LogP contribution in [0.4, 0.5) is 0 Å². The number of allylic oxidation sites excluding steroid dienone is 10. The topological polar surface area (TPSA) is 75.3 Å². The van der Waals surface area contributed by atoms with Crippen LogP contribution in [0.25, 0.3) is 0 Å². The van der Waals surface area contributed by atoms with Gasteiger partial charge >= 0.3 is 21.0 Å². The molecule has 5 nitrogen and oxygen atoms in total. The Morgan fingerprint density at radius 1 is 0.688 bits per heavy atom. The van der Waals surface area contributed by atoms with Crippen molar-refractivity contribution in [2.24, 2.45) is 10.8 Å². The minimum atomic E-state index is -0.183. The van der Waals surface area contributed by atoms with Gasteiger partial charge in [-0.1, -0.05) is 53.7 Å². The summed E-state index contributed by atoms with van der Waals surface area (Å²) < 4.78 is 8.19. The van der Waals surface area contributed by atoms with Crippen LogP contribution in [-0.4, -0.2) is 24.7 Å². The van der Waals surface area contributed by atoms with Crippen molar-refractivity contribution in [1.29, 1.82) is 0 Å². The van der Waals surface area contributed by atoms with Gasteiger partial charge in [-0.2, -0.15) is 0 Å². The molecular weight excluding hydrogens is 439 g/mol. The van der Waals surface area contributed by atoms with Crippen molar-refractivity contribution in [3.8, 4) is 0 Å². The molecule has 2 aliphatic rings. The van der Waals surface area contributed by atoms with Gasteiger partial charge in [0.1, 0.15) is 0 Å². The van der Waals surface area contributed by atoms with Crippen LogP contribution in [0, 0.1) is 10.8 Å². The van der Waals surface area contributed by atoms with Crippen LogP contribution in [0.1, 0.15) is 55.4 Å². The van der Waals surface area contributed by atoms with Crippen LogP contribution in [-0.2, 0) is 30.6 Å². The molecule has 0 saturated carbocycles. The number of Topliss-reactive ketones (excluding diaryl/α,β-unsaturated/α-hetero) is 2. The second-order valence-corrected chi connectivity index (χ2v) is 10.2. The summed E-state index contributed by atoms with van der Waals surface area (Å²) in [6.45, 7) is 17.6. The van der Waals surface area contributed by atoms with E-state index in [1.165, 1.54) is 0 Å². The molecule has 0 unspecified atom stereocenters. The first kappa shape index (κ1) is 27.8. The van der Waals surface area contributed by atoms with Gasteiger partial charge < -0.3 is 10.6 Å². The van der Waals surface area contributed by atoms with E-state index in [2.05, 4.69) is 52.2 Å². The molecule has 0 spiro atoms. The number of nitrogens with one attached hydrogen (secondary N) is 2. The standard InChI is InChI=1S/C26H36N2O2.O.V/c1-17-11-19(23(29)21(13-17)25(3,4)5)15-27-9-10-28-16-20-12-18(2)14-22(24(20)30)26(6,7)8;;/h11-16,27-28H,9-10H2,1-8H3;;/b19-15-,20-16-;;. The van der Waals surface area contributed by atoms with Gasteiger partial charge in [-0.05, 0) is 48.0 Å². The van der Waals surface area contributed by atoms with E-state index >= 15 is 0 Å². The third kappa shape index (κ3) is 7.72. The summed E-state index contributed by atoms with van der Waals surface area (Å²) in [5, 5.41) is 6.42. The van der Waals surface area contributed by atoms with Gasteiger partial charge in [0.05, 0.1) is 0 Å². The molecule has 0 aromatic heterocycles. The molecule has 0 amide bonds. The van der Waals surface area contributed by atoms with Crippen LogP contribution in [0.2, 0.25) is 0 Å². The fraction of sp³-hybridized carbons (Fsp3) is 0.462. The molecule has 0 saturated heterocycles. The van der Waals surface area contributed by atoms with Crippen molar-refractivity contribution in [2.45, 2.75) is 55.4 Å². The SMILES string of the molecule is CC1=C/C(=C/NCCN/C=C2/C=C(C)C=C(C(C)(C)C)C2=O)C(=O)C(C(C)(C)C)=C1.[O]=[V]. The number of rotatable bonds is 5. The van der Waals surface area contributed by atoms with Crippen LogP contribution in [0.3, 0.4) is 0 Å². The molecule has 0 fully saturated rings. The monoisotopic (exact) mass is 475 g/mol. The third-order valence-corrected chi connectivity index (χ3v) is 5.07. The molecular formula is C26H36N2O3V. The van der Waals surface area contributed by atoms with E-state index in [0.29, 0.717) is 24.2 Å². The number of hydrogen-bond donors (Lipinski definition) is 2. The first-order chi connectivity index (χ1) is 14.8. The van der Waals surface area contributed by atoms with Crippen LogP contribution < -0.4 is 10.6 Å². The van der Waals surface area contributed by atoms with Gasteiger partial charge in [-0.3, -0.25) is 9.59 Å². The van der Waals surface area contributed by atoms with E-state index in [9.17, 15) is 9.59 Å². The van der Waals surface area contributed by atoms with Crippen LogP contribution >= 0.6 is 0 Å². The molecule has 32 heavy (non-hydrogen) atoms. The van der Waals surface area contributed by atoms with E-state index in [0.717, 1.165) is 39.7 Å². The molecule has 0 aromatic carbocycles.